The van der Waals surface area contributed by atoms with Crippen molar-refractivity contribution in [3.63, 3.8) is 0 Å². The third-order valence-corrected chi connectivity index (χ3v) is 2.59. The van der Waals surface area contributed by atoms with Crippen LogP contribution in [0, 0.1) is 5.82 Å². The quantitative estimate of drug-likeness (QED) is 0.874. The lowest BCUT2D eigenvalue weighted by molar-refractivity contribution is 0.183. The van der Waals surface area contributed by atoms with Crippen molar-refractivity contribution in [3.8, 4) is 0 Å². The van der Waals surface area contributed by atoms with Crippen molar-refractivity contribution < 1.29 is 9.50 Å². The zero-order chi connectivity index (χ0) is 10.6. The number of halogens is 2. The minimum absolute atomic E-state index is 0.279. The monoisotopic (exact) mass is 261 g/mol. The summed E-state index contributed by atoms with van der Waals surface area (Å²) in [6.45, 7) is 2.38. The second kappa shape index (κ2) is 5.32. The molecule has 0 spiro atoms. The number of aliphatic hydroxyl groups is 1. The van der Waals surface area contributed by atoms with E-state index in [-0.39, 0.29) is 11.9 Å². The Bertz CT molecular complexity index is 306. The smallest absolute Gasteiger partial charge is 0.124 e. The van der Waals surface area contributed by atoms with Gasteiger partial charge in [0.05, 0.1) is 6.10 Å². The third-order valence-electron chi connectivity index (χ3n) is 1.93. The summed E-state index contributed by atoms with van der Waals surface area (Å²) in [6, 6.07) is 4.41. The molecule has 1 aromatic carbocycles. The second-order valence-corrected chi connectivity index (χ2v) is 3.92. The Morgan fingerprint density at radius 3 is 2.86 bits per heavy atom. The average Bonchev–Trinajstić information content (AvgIpc) is 2.16. The standard InChI is InChI=1S/C10H13BrFNO/c1-2-8(14)6-13-10-4-3-7(12)5-9(10)11/h3-5,8,13-14H,2,6H2,1H3. The molecule has 0 heterocycles. The fourth-order valence-corrected chi connectivity index (χ4v) is 1.50. The maximum Gasteiger partial charge on any atom is 0.124 e. The van der Waals surface area contributed by atoms with Crippen LogP contribution in [0.2, 0.25) is 0 Å². The zero-order valence-corrected chi connectivity index (χ0v) is 9.51. The fraction of sp³-hybridized carbons (Fsp3) is 0.400. The molecule has 1 unspecified atom stereocenters. The second-order valence-electron chi connectivity index (χ2n) is 3.07. The molecule has 2 N–H and O–H groups in total. The van der Waals surface area contributed by atoms with Crippen molar-refractivity contribution in [2.75, 3.05) is 11.9 Å². The highest BCUT2D eigenvalue weighted by atomic mass is 79.9. The molecule has 0 aromatic heterocycles. The van der Waals surface area contributed by atoms with E-state index >= 15 is 0 Å². The van der Waals surface area contributed by atoms with E-state index in [0.29, 0.717) is 17.4 Å². The Morgan fingerprint density at radius 1 is 1.57 bits per heavy atom. The van der Waals surface area contributed by atoms with Gasteiger partial charge in [-0.3, -0.25) is 0 Å². The zero-order valence-electron chi connectivity index (χ0n) is 7.93. The number of aliphatic hydroxyl groups excluding tert-OH is 1. The highest BCUT2D eigenvalue weighted by Crippen LogP contribution is 2.22. The minimum atomic E-state index is -0.369. The van der Waals surface area contributed by atoms with E-state index in [1.165, 1.54) is 12.1 Å². The van der Waals surface area contributed by atoms with Gasteiger partial charge in [-0.25, -0.2) is 4.39 Å². The normalized spacial score (nSPS) is 12.6. The summed E-state index contributed by atoms with van der Waals surface area (Å²) in [5.74, 6) is -0.279. The molecule has 0 amide bonds. The lowest BCUT2D eigenvalue weighted by Gasteiger charge is -2.11. The molecule has 0 aliphatic rings. The van der Waals surface area contributed by atoms with E-state index in [0.717, 1.165) is 5.69 Å². The maximum atomic E-state index is 12.7. The summed E-state index contributed by atoms with van der Waals surface area (Å²) in [6.07, 6.45) is 0.332. The predicted molar refractivity (Wildman–Crippen MR) is 58.9 cm³/mol. The van der Waals surface area contributed by atoms with Gasteiger partial charge in [0.15, 0.2) is 0 Å². The van der Waals surface area contributed by atoms with Crippen LogP contribution < -0.4 is 5.32 Å². The molecule has 1 rings (SSSR count). The van der Waals surface area contributed by atoms with E-state index in [1.807, 2.05) is 6.92 Å². The van der Waals surface area contributed by atoms with Gasteiger partial charge in [0.1, 0.15) is 5.82 Å². The lowest BCUT2D eigenvalue weighted by atomic mass is 10.2. The highest BCUT2D eigenvalue weighted by Gasteiger charge is 2.03. The molecule has 2 nitrogen and oxygen atoms in total. The van der Waals surface area contributed by atoms with Crippen LogP contribution in [0.1, 0.15) is 13.3 Å². The molecule has 78 valence electrons. The number of benzene rings is 1. The molecule has 0 saturated heterocycles. The third kappa shape index (κ3) is 3.27. The summed E-state index contributed by atoms with van der Waals surface area (Å²) < 4.78 is 13.4. The predicted octanol–water partition coefficient (Wildman–Crippen LogP) is 2.77. The molecule has 4 heteroatoms. The van der Waals surface area contributed by atoms with Gasteiger partial charge in [-0.15, -0.1) is 0 Å². The van der Waals surface area contributed by atoms with Gasteiger partial charge >= 0.3 is 0 Å². The van der Waals surface area contributed by atoms with Gasteiger partial charge in [-0.2, -0.15) is 0 Å². The first kappa shape index (κ1) is 11.5. The average molecular weight is 262 g/mol. The number of nitrogens with one attached hydrogen (secondary N) is 1. The van der Waals surface area contributed by atoms with Crippen molar-refractivity contribution in [3.05, 3.63) is 28.5 Å². The van der Waals surface area contributed by atoms with Crippen LogP contribution in [-0.4, -0.2) is 17.8 Å². The fourth-order valence-electron chi connectivity index (χ4n) is 1.00. The first-order chi connectivity index (χ1) is 6.63. The van der Waals surface area contributed by atoms with Gasteiger partial charge in [-0.05, 0) is 40.5 Å². The summed E-state index contributed by atoms with van der Waals surface area (Å²) >= 11 is 3.23. The van der Waals surface area contributed by atoms with Crippen molar-refractivity contribution in [1.82, 2.24) is 0 Å². The number of hydrogen-bond acceptors (Lipinski definition) is 2. The Labute approximate surface area is 91.3 Å². The van der Waals surface area contributed by atoms with E-state index in [2.05, 4.69) is 21.2 Å². The number of rotatable bonds is 4. The van der Waals surface area contributed by atoms with Crippen molar-refractivity contribution >= 4 is 21.6 Å². The van der Waals surface area contributed by atoms with Gasteiger partial charge in [0.2, 0.25) is 0 Å². The van der Waals surface area contributed by atoms with E-state index in [9.17, 15) is 9.50 Å². The molecule has 0 saturated carbocycles. The summed E-state index contributed by atoms with van der Waals surface area (Å²) in [5, 5.41) is 12.3. The topological polar surface area (TPSA) is 32.3 Å². The first-order valence-corrected chi connectivity index (χ1v) is 5.29. The van der Waals surface area contributed by atoms with Crippen LogP contribution in [0.5, 0.6) is 0 Å². The molecule has 1 atom stereocenters. The van der Waals surface area contributed by atoms with Crippen molar-refractivity contribution in [1.29, 1.82) is 0 Å². The van der Waals surface area contributed by atoms with Crippen LogP contribution in [0.4, 0.5) is 10.1 Å². The minimum Gasteiger partial charge on any atom is -0.391 e. The van der Waals surface area contributed by atoms with Crippen molar-refractivity contribution in [2.24, 2.45) is 0 Å². The molecular formula is C10H13BrFNO. The molecule has 0 radical (unpaired) electrons. The number of hydrogen-bond donors (Lipinski definition) is 2. The molecular weight excluding hydrogens is 249 g/mol. The molecule has 1 aromatic rings. The first-order valence-electron chi connectivity index (χ1n) is 4.50. The van der Waals surface area contributed by atoms with E-state index in [4.69, 9.17) is 0 Å². The van der Waals surface area contributed by atoms with Crippen molar-refractivity contribution in [2.45, 2.75) is 19.4 Å². The Hall–Kier alpha value is -0.610. The number of anilines is 1. The molecule has 0 aliphatic heterocycles. The Kier molecular flexibility index (Phi) is 4.35. The van der Waals surface area contributed by atoms with E-state index < -0.39 is 0 Å². The van der Waals surface area contributed by atoms with Gasteiger partial charge < -0.3 is 10.4 Å². The largest absolute Gasteiger partial charge is 0.391 e. The molecule has 0 aliphatic carbocycles. The van der Waals surface area contributed by atoms with E-state index in [1.54, 1.807) is 6.07 Å². The van der Waals surface area contributed by atoms with Gasteiger partial charge in [0, 0.05) is 16.7 Å². The lowest BCUT2D eigenvalue weighted by Crippen LogP contribution is -2.18. The van der Waals surface area contributed by atoms with Crippen LogP contribution in [0.3, 0.4) is 0 Å². The molecule has 0 bridgehead atoms. The van der Waals surface area contributed by atoms with Gasteiger partial charge in [0.25, 0.3) is 0 Å². The van der Waals surface area contributed by atoms with Crippen LogP contribution in [0.15, 0.2) is 22.7 Å². The van der Waals surface area contributed by atoms with Crippen LogP contribution in [0.25, 0.3) is 0 Å². The summed E-state index contributed by atoms with van der Waals surface area (Å²) in [7, 11) is 0. The van der Waals surface area contributed by atoms with Crippen LogP contribution in [-0.2, 0) is 0 Å². The van der Waals surface area contributed by atoms with Crippen LogP contribution >= 0.6 is 15.9 Å². The Balaban J connectivity index is 2.59. The maximum absolute atomic E-state index is 12.7. The molecule has 0 fully saturated rings. The summed E-state index contributed by atoms with van der Waals surface area (Å²) in [4.78, 5) is 0. The van der Waals surface area contributed by atoms with Gasteiger partial charge in [-0.1, -0.05) is 6.92 Å². The molecule has 14 heavy (non-hydrogen) atoms. The highest BCUT2D eigenvalue weighted by molar-refractivity contribution is 9.10. The Morgan fingerprint density at radius 2 is 2.29 bits per heavy atom. The summed E-state index contributed by atoms with van der Waals surface area (Å²) in [5.41, 5.74) is 0.791. The SMILES string of the molecule is CCC(O)CNc1ccc(F)cc1Br.